The molecule has 8 heteroatoms. The molecule has 0 aromatic heterocycles. The van der Waals surface area contributed by atoms with E-state index in [2.05, 4.69) is 5.32 Å². The van der Waals surface area contributed by atoms with Crippen LogP contribution >= 0.6 is 11.6 Å². The van der Waals surface area contributed by atoms with Gasteiger partial charge in [-0.1, -0.05) is 11.6 Å². The van der Waals surface area contributed by atoms with E-state index in [1.807, 2.05) is 0 Å². The summed E-state index contributed by atoms with van der Waals surface area (Å²) in [6.07, 6.45) is 0. The molecule has 0 heterocycles. The third-order valence-corrected chi connectivity index (χ3v) is 3.89. The van der Waals surface area contributed by atoms with Gasteiger partial charge in [0.1, 0.15) is 17.1 Å². The zero-order chi connectivity index (χ0) is 18.6. The number of nitro benzene ring substituents is 1. The lowest BCUT2D eigenvalue weighted by Crippen LogP contribution is -2.27. The topological polar surface area (TPSA) is 90.7 Å². The van der Waals surface area contributed by atoms with E-state index in [0.29, 0.717) is 17.1 Å². The van der Waals surface area contributed by atoms with Gasteiger partial charge in [-0.05, 0) is 37.3 Å². The van der Waals surface area contributed by atoms with Crippen molar-refractivity contribution >= 4 is 23.2 Å². The molecular formula is C17H17ClN2O5. The lowest BCUT2D eigenvalue weighted by molar-refractivity contribution is -0.385. The fraction of sp³-hybridized carbons (Fsp3) is 0.235. The number of rotatable bonds is 6. The van der Waals surface area contributed by atoms with Crippen LogP contribution in [0.5, 0.6) is 11.5 Å². The summed E-state index contributed by atoms with van der Waals surface area (Å²) >= 11 is 5.77. The Hall–Kier alpha value is -2.80. The van der Waals surface area contributed by atoms with Gasteiger partial charge < -0.3 is 14.8 Å². The van der Waals surface area contributed by atoms with E-state index >= 15 is 0 Å². The Balaban J connectivity index is 2.31. The highest BCUT2D eigenvalue weighted by molar-refractivity contribution is 6.31. The molecule has 7 nitrogen and oxygen atoms in total. The average Bonchev–Trinajstić information content (AvgIpc) is 2.60. The van der Waals surface area contributed by atoms with Gasteiger partial charge in [-0.3, -0.25) is 14.9 Å². The van der Waals surface area contributed by atoms with Crippen LogP contribution in [-0.2, 0) is 0 Å². The highest BCUT2D eigenvalue weighted by Crippen LogP contribution is 2.30. The molecule has 0 saturated heterocycles. The summed E-state index contributed by atoms with van der Waals surface area (Å²) in [5, 5.41) is 14.1. The molecule has 1 N–H and O–H groups in total. The number of halogens is 1. The smallest absolute Gasteiger partial charge is 0.283 e. The predicted octanol–water partition coefficient (Wildman–Crippen LogP) is 3.76. The molecule has 0 aliphatic rings. The molecule has 132 valence electrons. The fourth-order valence-electron chi connectivity index (χ4n) is 2.38. The summed E-state index contributed by atoms with van der Waals surface area (Å²) < 4.78 is 10.5. The number of nitrogens with zero attached hydrogens (tertiary/aromatic N) is 1. The first-order chi connectivity index (χ1) is 11.9. The van der Waals surface area contributed by atoms with Crippen LogP contribution in [0.4, 0.5) is 5.69 Å². The van der Waals surface area contributed by atoms with Crippen molar-refractivity contribution in [3.05, 3.63) is 62.7 Å². The zero-order valence-electron chi connectivity index (χ0n) is 13.9. The van der Waals surface area contributed by atoms with E-state index in [4.69, 9.17) is 21.1 Å². The summed E-state index contributed by atoms with van der Waals surface area (Å²) in [6, 6.07) is 8.63. The monoisotopic (exact) mass is 364 g/mol. The van der Waals surface area contributed by atoms with Gasteiger partial charge in [-0.15, -0.1) is 0 Å². The standard InChI is InChI=1S/C17H17ClN2O5/c1-10(14-9-12(24-2)5-7-16(14)25-3)19-17(21)13-6-4-11(18)8-15(13)20(22)23/h4-10H,1-3H3,(H,19,21). The van der Waals surface area contributed by atoms with Gasteiger partial charge >= 0.3 is 0 Å². The second kappa shape index (κ2) is 7.85. The second-order valence-corrected chi connectivity index (χ2v) is 5.66. The second-order valence-electron chi connectivity index (χ2n) is 5.22. The van der Waals surface area contributed by atoms with Crippen molar-refractivity contribution in [2.24, 2.45) is 0 Å². The van der Waals surface area contributed by atoms with Crippen molar-refractivity contribution in [3.63, 3.8) is 0 Å². The maximum absolute atomic E-state index is 12.5. The van der Waals surface area contributed by atoms with Crippen molar-refractivity contribution < 1.29 is 19.2 Å². The number of methoxy groups -OCH3 is 2. The SMILES string of the molecule is COc1ccc(OC)c(C(C)NC(=O)c2ccc(Cl)cc2[N+](=O)[O-])c1. The molecule has 25 heavy (non-hydrogen) atoms. The number of nitrogens with one attached hydrogen (secondary N) is 1. The molecule has 0 spiro atoms. The van der Waals surface area contributed by atoms with Crippen LogP contribution in [0, 0.1) is 10.1 Å². The van der Waals surface area contributed by atoms with Gasteiger partial charge in [-0.25, -0.2) is 0 Å². The Morgan fingerprint density at radius 3 is 2.52 bits per heavy atom. The third kappa shape index (κ3) is 4.19. The molecule has 2 aromatic carbocycles. The zero-order valence-corrected chi connectivity index (χ0v) is 14.7. The normalized spacial score (nSPS) is 11.5. The number of hydrogen-bond donors (Lipinski definition) is 1. The van der Waals surface area contributed by atoms with E-state index in [-0.39, 0.29) is 16.3 Å². The van der Waals surface area contributed by atoms with Crippen LogP contribution in [0.1, 0.15) is 28.9 Å². The van der Waals surface area contributed by atoms with Gasteiger partial charge in [0.15, 0.2) is 0 Å². The molecule has 2 aromatic rings. The molecule has 1 unspecified atom stereocenters. The predicted molar refractivity (Wildman–Crippen MR) is 93.5 cm³/mol. The molecule has 0 saturated carbocycles. The van der Waals surface area contributed by atoms with Crippen molar-refractivity contribution in [1.82, 2.24) is 5.32 Å². The first kappa shape index (κ1) is 18.5. The van der Waals surface area contributed by atoms with Crippen LogP contribution in [0.25, 0.3) is 0 Å². The summed E-state index contributed by atoms with van der Waals surface area (Å²) in [6.45, 7) is 1.75. The van der Waals surface area contributed by atoms with Crippen molar-refractivity contribution in [1.29, 1.82) is 0 Å². The molecule has 0 fully saturated rings. The van der Waals surface area contributed by atoms with Crippen molar-refractivity contribution in [3.8, 4) is 11.5 Å². The Morgan fingerprint density at radius 2 is 1.92 bits per heavy atom. The van der Waals surface area contributed by atoms with Crippen LogP contribution < -0.4 is 14.8 Å². The Bertz CT molecular complexity index is 810. The highest BCUT2D eigenvalue weighted by Gasteiger charge is 2.23. The fourth-order valence-corrected chi connectivity index (χ4v) is 2.54. The van der Waals surface area contributed by atoms with E-state index in [1.54, 1.807) is 25.1 Å². The van der Waals surface area contributed by atoms with Gasteiger partial charge in [0.05, 0.1) is 25.2 Å². The molecule has 0 bridgehead atoms. The Kier molecular flexibility index (Phi) is 5.82. The summed E-state index contributed by atoms with van der Waals surface area (Å²) in [7, 11) is 3.05. The van der Waals surface area contributed by atoms with Crippen LogP contribution in [-0.4, -0.2) is 25.1 Å². The highest BCUT2D eigenvalue weighted by atomic mass is 35.5. The minimum absolute atomic E-state index is 0.0666. The van der Waals surface area contributed by atoms with Gasteiger partial charge in [0, 0.05) is 16.7 Å². The molecule has 1 amide bonds. The number of nitro groups is 1. The maximum Gasteiger partial charge on any atom is 0.283 e. The minimum atomic E-state index is -0.641. The Morgan fingerprint density at radius 1 is 1.20 bits per heavy atom. The number of benzene rings is 2. The van der Waals surface area contributed by atoms with Crippen LogP contribution in [0.3, 0.4) is 0 Å². The van der Waals surface area contributed by atoms with Crippen molar-refractivity contribution in [2.45, 2.75) is 13.0 Å². The van der Waals surface area contributed by atoms with Gasteiger partial charge in [0.25, 0.3) is 11.6 Å². The lowest BCUT2D eigenvalue weighted by atomic mass is 10.1. The van der Waals surface area contributed by atoms with Gasteiger partial charge in [-0.2, -0.15) is 0 Å². The van der Waals surface area contributed by atoms with Crippen LogP contribution in [0.2, 0.25) is 5.02 Å². The molecular weight excluding hydrogens is 348 g/mol. The Labute approximate surface area is 149 Å². The first-order valence-corrected chi connectivity index (χ1v) is 7.72. The molecule has 1 atom stereocenters. The first-order valence-electron chi connectivity index (χ1n) is 7.34. The number of amides is 1. The molecule has 2 rings (SSSR count). The average molecular weight is 365 g/mol. The van der Waals surface area contributed by atoms with Gasteiger partial charge in [0.2, 0.25) is 0 Å². The summed E-state index contributed by atoms with van der Waals surface area (Å²) in [5.74, 6) is 0.592. The molecule has 0 aliphatic heterocycles. The van der Waals surface area contributed by atoms with E-state index in [1.165, 1.54) is 26.4 Å². The number of hydrogen-bond acceptors (Lipinski definition) is 5. The maximum atomic E-state index is 12.5. The number of carbonyl (C=O) groups excluding carboxylic acids is 1. The number of carbonyl (C=O) groups is 1. The van der Waals surface area contributed by atoms with Crippen LogP contribution in [0.15, 0.2) is 36.4 Å². The number of ether oxygens (including phenoxy) is 2. The minimum Gasteiger partial charge on any atom is -0.497 e. The molecule has 0 radical (unpaired) electrons. The van der Waals surface area contributed by atoms with E-state index in [9.17, 15) is 14.9 Å². The van der Waals surface area contributed by atoms with E-state index in [0.717, 1.165) is 6.07 Å². The summed E-state index contributed by atoms with van der Waals surface area (Å²) in [5.41, 5.74) is 0.268. The quantitative estimate of drug-likeness (QED) is 0.622. The molecule has 0 aliphatic carbocycles. The van der Waals surface area contributed by atoms with Crippen molar-refractivity contribution in [2.75, 3.05) is 14.2 Å². The van der Waals surface area contributed by atoms with E-state index < -0.39 is 16.9 Å². The summed E-state index contributed by atoms with van der Waals surface area (Å²) in [4.78, 5) is 23.0. The largest absolute Gasteiger partial charge is 0.497 e. The third-order valence-electron chi connectivity index (χ3n) is 3.65. The lowest BCUT2D eigenvalue weighted by Gasteiger charge is -2.18.